The first kappa shape index (κ1) is 19.7. The molecule has 9 heteroatoms. The Labute approximate surface area is 158 Å². The van der Waals surface area contributed by atoms with Gasteiger partial charge in [0.1, 0.15) is 17.0 Å². The maximum absolute atomic E-state index is 14.0. The molecule has 0 bridgehead atoms. The number of rotatable bonds is 4. The normalized spacial score (nSPS) is 11.9. The van der Waals surface area contributed by atoms with Crippen LogP contribution in [-0.2, 0) is 16.6 Å². The molecule has 2 N–H and O–H groups in total. The van der Waals surface area contributed by atoms with Gasteiger partial charge in [-0.1, -0.05) is 26.8 Å². The third-order valence-corrected chi connectivity index (χ3v) is 4.31. The molecule has 28 heavy (non-hydrogen) atoms. The number of carboxylic acid groups (broad SMARTS) is 1. The van der Waals surface area contributed by atoms with E-state index in [9.17, 15) is 23.1 Å². The molecule has 0 radical (unpaired) electrons. The summed E-state index contributed by atoms with van der Waals surface area (Å²) in [5.41, 5.74) is -0.0441. The van der Waals surface area contributed by atoms with Crippen molar-refractivity contribution in [3.05, 3.63) is 46.8 Å². The first-order valence-electron chi connectivity index (χ1n) is 8.48. The first-order valence-corrected chi connectivity index (χ1v) is 8.48. The smallest absolute Gasteiger partial charge is 0.303 e. The van der Waals surface area contributed by atoms with Crippen molar-refractivity contribution in [2.75, 3.05) is 0 Å². The second kappa shape index (κ2) is 6.81. The van der Waals surface area contributed by atoms with Gasteiger partial charge in [0, 0.05) is 18.1 Å². The van der Waals surface area contributed by atoms with E-state index in [0.717, 1.165) is 4.80 Å². The van der Waals surface area contributed by atoms with Crippen LogP contribution in [0.1, 0.15) is 38.3 Å². The standard InChI is InChI=1S/C19H18F3N3O3/c1-19(2,3)10-6-9(4-5-14(26)27)7-13(18(10)28)25-23-12-8-11(20)15(21)16(22)17(12)24-25/h6-8,28H,4-5H2,1-3H3,(H,26,27). The number of aryl methyl sites for hydroxylation is 1. The highest BCUT2D eigenvalue weighted by Crippen LogP contribution is 2.36. The number of carbonyl (C=O) groups is 1. The van der Waals surface area contributed by atoms with Gasteiger partial charge in [-0.25, -0.2) is 13.2 Å². The summed E-state index contributed by atoms with van der Waals surface area (Å²) >= 11 is 0. The Balaban J connectivity index is 2.22. The van der Waals surface area contributed by atoms with Crippen molar-refractivity contribution in [2.24, 2.45) is 0 Å². The van der Waals surface area contributed by atoms with Crippen LogP contribution in [0.4, 0.5) is 13.2 Å². The van der Waals surface area contributed by atoms with Gasteiger partial charge >= 0.3 is 5.97 Å². The second-order valence-corrected chi connectivity index (χ2v) is 7.50. The van der Waals surface area contributed by atoms with Crippen LogP contribution in [0.25, 0.3) is 16.7 Å². The Hall–Kier alpha value is -3.10. The fourth-order valence-electron chi connectivity index (χ4n) is 2.87. The lowest BCUT2D eigenvalue weighted by molar-refractivity contribution is -0.136. The average molecular weight is 393 g/mol. The molecule has 0 amide bonds. The third kappa shape index (κ3) is 3.51. The van der Waals surface area contributed by atoms with Gasteiger partial charge in [-0.15, -0.1) is 15.0 Å². The maximum Gasteiger partial charge on any atom is 0.303 e. The van der Waals surface area contributed by atoms with E-state index in [0.29, 0.717) is 17.2 Å². The Morgan fingerprint density at radius 3 is 2.39 bits per heavy atom. The SMILES string of the molecule is CC(C)(C)c1cc(CCC(=O)O)cc(-n2nc3cc(F)c(F)c(F)c3n2)c1O. The molecule has 0 spiro atoms. The van der Waals surface area contributed by atoms with E-state index in [2.05, 4.69) is 10.2 Å². The van der Waals surface area contributed by atoms with E-state index in [-0.39, 0.29) is 29.8 Å². The summed E-state index contributed by atoms with van der Waals surface area (Å²) in [4.78, 5) is 11.8. The highest BCUT2D eigenvalue weighted by Gasteiger charge is 2.24. The van der Waals surface area contributed by atoms with Crippen LogP contribution in [0, 0.1) is 17.5 Å². The zero-order chi connectivity index (χ0) is 20.8. The molecule has 0 saturated carbocycles. The topological polar surface area (TPSA) is 88.2 Å². The van der Waals surface area contributed by atoms with Crippen molar-refractivity contribution in [3.63, 3.8) is 0 Å². The molecule has 0 saturated heterocycles. The fourth-order valence-corrected chi connectivity index (χ4v) is 2.87. The van der Waals surface area contributed by atoms with Gasteiger partial charge in [0.05, 0.1) is 0 Å². The summed E-state index contributed by atoms with van der Waals surface area (Å²) in [6, 6.07) is 3.87. The van der Waals surface area contributed by atoms with Crippen molar-refractivity contribution in [2.45, 2.75) is 39.0 Å². The van der Waals surface area contributed by atoms with Gasteiger partial charge in [-0.2, -0.15) is 0 Å². The summed E-state index contributed by atoms with van der Waals surface area (Å²) in [5, 5.41) is 27.5. The summed E-state index contributed by atoms with van der Waals surface area (Å²) in [5.74, 6) is -5.70. The lowest BCUT2D eigenvalue weighted by Crippen LogP contribution is -2.14. The van der Waals surface area contributed by atoms with E-state index in [1.54, 1.807) is 6.07 Å². The van der Waals surface area contributed by atoms with Crippen molar-refractivity contribution < 1.29 is 28.2 Å². The van der Waals surface area contributed by atoms with E-state index < -0.39 is 34.4 Å². The van der Waals surface area contributed by atoms with Crippen LogP contribution in [0.5, 0.6) is 5.75 Å². The van der Waals surface area contributed by atoms with Crippen molar-refractivity contribution in [1.82, 2.24) is 15.0 Å². The molecule has 0 unspecified atom stereocenters. The van der Waals surface area contributed by atoms with Crippen molar-refractivity contribution in [1.29, 1.82) is 0 Å². The molecule has 0 aliphatic rings. The molecule has 1 aromatic heterocycles. The van der Waals surface area contributed by atoms with Gasteiger partial charge in [0.25, 0.3) is 0 Å². The highest BCUT2D eigenvalue weighted by atomic mass is 19.2. The maximum atomic E-state index is 14.0. The zero-order valence-electron chi connectivity index (χ0n) is 15.4. The van der Waals surface area contributed by atoms with E-state index >= 15 is 0 Å². The van der Waals surface area contributed by atoms with Crippen LogP contribution in [-0.4, -0.2) is 31.2 Å². The number of fused-ring (bicyclic) bond motifs is 1. The minimum absolute atomic E-state index is 0.0595. The lowest BCUT2D eigenvalue weighted by atomic mass is 9.84. The average Bonchev–Trinajstić information content (AvgIpc) is 3.01. The lowest BCUT2D eigenvalue weighted by Gasteiger charge is -2.23. The predicted octanol–water partition coefficient (Wildman–Crippen LogP) is 3.86. The summed E-state index contributed by atoms with van der Waals surface area (Å²) in [6.45, 7) is 5.55. The number of halogens is 3. The molecule has 0 aliphatic carbocycles. The molecule has 0 atom stereocenters. The summed E-state index contributed by atoms with van der Waals surface area (Å²) in [6.07, 6.45) is 0.0530. The summed E-state index contributed by atoms with van der Waals surface area (Å²) in [7, 11) is 0. The monoisotopic (exact) mass is 393 g/mol. The Morgan fingerprint density at radius 1 is 1.11 bits per heavy atom. The van der Waals surface area contributed by atoms with Crippen molar-refractivity contribution >= 4 is 17.0 Å². The molecule has 6 nitrogen and oxygen atoms in total. The molecule has 0 fully saturated rings. The number of hydrogen-bond donors (Lipinski definition) is 2. The van der Waals surface area contributed by atoms with E-state index in [4.69, 9.17) is 5.11 Å². The minimum Gasteiger partial charge on any atom is -0.505 e. The zero-order valence-corrected chi connectivity index (χ0v) is 15.4. The van der Waals surface area contributed by atoms with Crippen LogP contribution in [0.2, 0.25) is 0 Å². The number of carboxylic acids is 1. The molecular weight excluding hydrogens is 375 g/mol. The molecule has 148 valence electrons. The molecule has 3 rings (SSSR count). The predicted molar refractivity (Wildman–Crippen MR) is 95.1 cm³/mol. The minimum atomic E-state index is -1.66. The fraction of sp³-hybridized carbons (Fsp3) is 0.316. The number of benzene rings is 2. The number of phenols is 1. The molecule has 3 aromatic rings. The van der Waals surface area contributed by atoms with Crippen LogP contribution >= 0.6 is 0 Å². The number of aromatic nitrogens is 3. The largest absolute Gasteiger partial charge is 0.505 e. The number of aliphatic carboxylic acids is 1. The van der Waals surface area contributed by atoms with Gasteiger partial charge in [-0.05, 0) is 23.5 Å². The third-order valence-electron chi connectivity index (χ3n) is 4.31. The number of phenolic OH excluding ortho intramolecular Hbond substituents is 1. The molecule has 1 heterocycles. The van der Waals surface area contributed by atoms with Gasteiger partial charge in [0.15, 0.2) is 23.0 Å². The van der Waals surface area contributed by atoms with Crippen LogP contribution < -0.4 is 0 Å². The highest BCUT2D eigenvalue weighted by molar-refractivity contribution is 5.75. The van der Waals surface area contributed by atoms with E-state index in [1.165, 1.54) is 6.07 Å². The van der Waals surface area contributed by atoms with Gasteiger partial charge < -0.3 is 10.2 Å². The Bertz CT molecular complexity index is 1090. The number of hydrogen-bond acceptors (Lipinski definition) is 4. The molecule has 2 aromatic carbocycles. The number of aromatic hydroxyl groups is 1. The summed E-state index contributed by atoms with van der Waals surface area (Å²) < 4.78 is 40.9. The number of nitrogens with zero attached hydrogens (tertiary/aromatic N) is 3. The quantitative estimate of drug-likeness (QED) is 0.657. The van der Waals surface area contributed by atoms with Crippen molar-refractivity contribution in [3.8, 4) is 11.4 Å². The van der Waals surface area contributed by atoms with Gasteiger partial charge in [-0.3, -0.25) is 4.79 Å². The Kier molecular flexibility index (Phi) is 4.78. The van der Waals surface area contributed by atoms with E-state index in [1.807, 2.05) is 20.8 Å². The first-order chi connectivity index (χ1) is 13.0. The Morgan fingerprint density at radius 2 is 1.79 bits per heavy atom. The van der Waals surface area contributed by atoms with Gasteiger partial charge in [0.2, 0.25) is 0 Å². The van der Waals surface area contributed by atoms with Crippen LogP contribution in [0.15, 0.2) is 18.2 Å². The molecule has 0 aliphatic heterocycles. The second-order valence-electron chi connectivity index (χ2n) is 7.50. The van der Waals surface area contributed by atoms with Crippen LogP contribution in [0.3, 0.4) is 0 Å². The molecular formula is C19H18F3N3O3.